The lowest BCUT2D eigenvalue weighted by molar-refractivity contribution is 0.643. The molecule has 1 saturated heterocycles. The molecule has 1 aliphatic rings. The average molecular weight is 308 g/mol. The van der Waals surface area contributed by atoms with Gasteiger partial charge in [-0.15, -0.1) is 9.66 Å². The Morgan fingerprint density at radius 1 is 0.650 bits per heavy atom. The quantitative estimate of drug-likeness (QED) is 0.875. The van der Waals surface area contributed by atoms with Gasteiger partial charge in [0.05, 0.1) is 11.4 Å². The fourth-order valence-electron chi connectivity index (χ4n) is 1.71. The molecule has 2 unspecified atom stereocenters. The number of nitrogens with one attached hydrogen (secondary N) is 2. The SMILES string of the molecule is O=S1NN(c2ccccc2)S(=O)NN1c1ccccc1. The van der Waals surface area contributed by atoms with Crippen molar-refractivity contribution in [2.45, 2.75) is 0 Å². The second kappa shape index (κ2) is 5.71. The van der Waals surface area contributed by atoms with E-state index in [2.05, 4.69) is 9.66 Å². The first-order chi connectivity index (χ1) is 9.75. The van der Waals surface area contributed by atoms with E-state index >= 15 is 0 Å². The molecule has 2 aromatic carbocycles. The highest BCUT2D eigenvalue weighted by molar-refractivity contribution is 7.91. The minimum atomic E-state index is -1.58. The first-order valence-electron chi connectivity index (χ1n) is 5.82. The molecule has 20 heavy (non-hydrogen) atoms. The molecule has 0 radical (unpaired) electrons. The van der Waals surface area contributed by atoms with Gasteiger partial charge in [-0.1, -0.05) is 36.4 Å². The largest absolute Gasteiger partial charge is 0.231 e. The van der Waals surface area contributed by atoms with Gasteiger partial charge in [-0.3, -0.25) is 0 Å². The number of nitrogens with zero attached hydrogens (tertiary/aromatic N) is 2. The van der Waals surface area contributed by atoms with Crippen LogP contribution in [0.1, 0.15) is 0 Å². The van der Waals surface area contributed by atoms with Gasteiger partial charge in [-0.05, 0) is 24.3 Å². The molecule has 0 spiro atoms. The molecule has 0 aromatic heterocycles. The number of para-hydroxylation sites is 2. The highest BCUT2D eigenvalue weighted by atomic mass is 32.2. The number of hydrogen-bond acceptors (Lipinski definition) is 2. The third-order valence-electron chi connectivity index (χ3n) is 2.64. The van der Waals surface area contributed by atoms with Gasteiger partial charge in [0.15, 0.2) is 0 Å². The summed E-state index contributed by atoms with van der Waals surface area (Å²) in [6, 6.07) is 18.1. The first kappa shape index (κ1) is 13.3. The maximum absolute atomic E-state index is 12.2. The number of hydrogen-bond donors (Lipinski definition) is 2. The predicted octanol–water partition coefficient (Wildman–Crippen LogP) is 1.18. The molecule has 6 nitrogen and oxygen atoms in total. The maximum Gasteiger partial charge on any atom is 0.231 e. The Morgan fingerprint density at radius 2 is 1.00 bits per heavy atom. The Labute approximate surface area is 121 Å². The van der Waals surface area contributed by atoms with Crippen LogP contribution in [0.15, 0.2) is 60.7 Å². The minimum Gasteiger partial charge on any atom is -0.216 e. The summed E-state index contributed by atoms with van der Waals surface area (Å²) >= 11 is -3.15. The summed E-state index contributed by atoms with van der Waals surface area (Å²) in [5, 5.41) is 0. The van der Waals surface area contributed by atoms with Gasteiger partial charge in [0.25, 0.3) is 0 Å². The Kier molecular flexibility index (Phi) is 3.79. The van der Waals surface area contributed by atoms with E-state index < -0.39 is 22.3 Å². The van der Waals surface area contributed by atoms with E-state index in [1.165, 1.54) is 8.83 Å². The van der Waals surface area contributed by atoms with Crippen molar-refractivity contribution in [3.05, 3.63) is 60.7 Å². The van der Waals surface area contributed by atoms with Gasteiger partial charge in [0.2, 0.25) is 22.3 Å². The van der Waals surface area contributed by atoms with Crippen LogP contribution in [0.2, 0.25) is 0 Å². The molecule has 0 saturated carbocycles. The van der Waals surface area contributed by atoms with E-state index in [1.807, 2.05) is 36.4 Å². The lowest BCUT2D eigenvalue weighted by atomic mass is 10.3. The van der Waals surface area contributed by atoms with Crippen LogP contribution in [0.3, 0.4) is 0 Å². The van der Waals surface area contributed by atoms with Crippen LogP contribution >= 0.6 is 0 Å². The van der Waals surface area contributed by atoms with E-state index in [4.69, 9.17) is 0 Å². The van der Waals surface area contributed by atoms with Crippen molar-refractivity contribution in [2.24, 2.45) is 0 Å². The lowest BCUT2D eigenvalue weighted by Crippen LogP contribution is -2.61. The van der Waals surface area contributed by atoms with Crippen LogP contribution in [0.25, 0.3) is 0 Å². The molecule has 2 atom stereocenters. The molecule has 8 heteroatoms. The maximum atomic E-state index is 12.2. The van der Waals surface area contributed by atoms with Gasteiger partial charge in [-0.25, -0.2) is 8.42 Å². The zero-order chi connectivity index (χ0) is 13.9. The van der Waals surface area contributed by atoms with Gasteiger partial charge < -0.3 is 0 Å². The normalized spacial score (nSPS) is 22.8. The molecule has 0 bridgehead atoms. The van der Waals surface area contributed by atoms with Crippen LogP contribution in [0.4, 0.5) is 11.4 Å². The van der Waals surface area contributed by atoms with Crippen molar-refractivity contribution in [2.75, 3.05) is 8.83 Å². The van der Waals surface area contributed by atoms with Gasteiger partial charge in [-0.2, -0.15) is 8.83 Å². The average Bonchev–Trinajstić information content (AvgIpc) is 2.51. The van der Waals surface area contributed by atoms with Crippen LogP contribution in [0.5, 0.6) is 0 Å². The monoisotopic (exact) mass is 308 g/mol. The van der Waals surface area contributed by atoms with Gasteiger partial charge in [0, 0.05) is 0 Å². The third-order valence-corrected chi connectivity index (χ3v) is 4.81. The van der Waals surface area contributed by atoms with Crippen LogP contribution in [0, 0.1) is 0 Å². The summed E-state index contributed by atoms with van der Waals surface area (Å²) in [6.07, 6.45) is 0. The molecule has 3 rings (SSSR count). The number of hydrazine groups is 2. The highest BCUT2D eigenvalue weighted by Crippen LogP contribution is 2.19. The second-order valence-electron chi connectivity index (χ2n) is 3.94. The van der Waals surface area contributed by atoms with E-state index in [-0.39, 0.29) is 0 Å². The van der Waals surface area contributed by atoms with E-state index in [0.717, 1.165) is 0 Å². The van der Waals surface area contributed by atoms with Crippen molar-refractivity contribution < 1.29 is 8.42 Å². The van der Waals surface area contributed by atoms with Crippen LogP contribution in [-0.4, -0.2) is 8.42 Å². The van der Waals surface area contributed by atoms with E-state index in [0.29, 0.717) is 11.4 Å². The standard InChI is InChI=1S/C12H12N4O2S2/c17-19-14-16(12-9-5-2-6-10-12)20(18)13-15(19)11-7-3-1-4-8-11/h1-10,13-14H. The summed E-state index contributed by atoms with van der Waals surface area (Å²) in [6.45, 7) is 0. The van der Waals surface area contributed by atoms with Crippen LogP contribution in [-0.2, 0) is 22.3 Å². The molecule has 1 heterocycles. The zero-order valence-corrected chi connectivity index (χ0v) is 11.9. The molecule has 0 aliphatic carbocycles. The molecule has 1 fully saturated rings. The fourth-order valence-corrected chi connectivity index (χ4v) is 3.92. The summed E-state index contributed by atoms with van der Waals surface area (Å²) in [5.41, 5.74) is 1.33. The summed E-state index contributed by atoms with van der Waals surface area (Å²) in [5.74, 6) is 0. The number of rotatable bonds is 2. The number of benzene rings is 2. The van der Waals surface area contributed by atoms with Crippen molar-refractivity contribution in [1.82, 2.24) is 9.66 Å². The van der Waals surface area contributed by atoms with Crippen LogP contribution < -0.4 is 18.5 Å². The zero-order valence-electron chi connectivity index (χ0n) is 10.3. The summed E-state index contributed by atoms with van der Waals surface area (Å²) in [7, 11) is 0. The third kappa shape index (κ3) is 2.59. The smallest absolute Gasteiger partial charge is 0.216 e. The summed E-state index contributed by atoms with van der Waals surface area (Å²) < 4.78 is 27.1. The van der Waals surface area contributed by atoms with Crippen molar-refractivity contribution in [1.29, 1.82) is 0 Å². The molecule has 2 N–H and O–H groups in total. The first-order valence-corrected chi connectivity index (χ1v) is 8.04. The fraction of sp³-hybridized carbons (Fsp3) is 0. The second-order valence-corrected chi connectivity index (χ2v) is 6.03. The Morgan fingerprint density at radius 3 is 1.35 bits per heavy atom. The summed E-state index contributed by atoms with van der Waals surface area (Å²) in [4.78, 5) is 5.40. The molecular formula is C12H12N4O2S2. The Hall–Kier alpha value is -1.74. The van der Waals surface area contributed by atoms with Crippen molar-refractivity contribution >= 4 is 33.7 Å². The Balaban J connectivity index is 1.84. The number of anilines is 2. The Bertz CT molecular complexity index is 581. The van der Waals surface area contributed by atoms with Gasteiger partial charge >= 0.3 is 0 Å². The highest BCUT2D eigenvalue weighted by Gasteiger charge is 2.29. The van der Waals surface area contributed by atoms with Crippen molar-refractivity contribution in [3.8, 4) is 0 Å². The van der Waals surface area contributed by atoms with E-state index in [9.17, 15) is 8.42 Å². The molecule has 2 aromatic rings. The minimum absolute atomic E-state index is 0.666. The molecule has 1 aliphatic heterocycles. The lowest BCUT2D eigenvalue weighted by Gasteiger charge is -2.34. The van der Waals surface area contributed by atoms with Crippen molar-refractivity contribution in [3.63, 3.8) is 0 Å². The molecule has 0 amide bonds. The topological polar surface area (TPSA) is 64.7 Å². The van der Waals surface area contributed by atoms with E-state index in [1.54, 1.807) is 24.3 Å². The molecular weight excluding hydrogens is 296 g/mol. The predicted molar refractivity (Wildman–Crippen MR) is 80.4 cm³/mol. The molecule has 104 valence electrons. The van der Waals surface area contributed by atoms with Gasteiger partial charge in [0.1, 0.15) is 0 Å².